The molecule has 6 nitrogen and oxygen atoms in total. The van der Waals surface area contributed by atoms with Gasteiger partial charge in [-0.25, -0.2) is 0 Å². The number of rotatable bonds is 6. The summed E-state index contributed by atoms with van der Waals surface area (Å²) < 4.78 is 0. The van der Waals surface area contributed by atoms with Crippen molar-refractivity contribution in [1.82, 2.24) is 10.2 Å². The molecule has 1 unspecified atom stereocenters. The standard InChI is InChI=1S/C14H20ClN3O3/c1-9(2)13(8-17(3)4)16-14(19)11-7-10(18(20)21)5-6-12(11)15/h5-7,9,13H,8H2,1-4H3,(H,16,19). The first-order valence-corrected chi connectivity index (χ1v) is 6.99. The van der Waals surface area contributed by atoms with Gasteiger partial charge in [-0.15, -0.1) is 0 Å². The molecule has 1 amide bonds. The van der Waals surface area contributed by atoms with Gasteiger partial charge in [0.15, 0.2) is 0 Å². The number of nitro groups is 1. The van der Waals surface area contributed by atoms with Crippen LogP contribution >= 0.6 is 11.6 Å². The van der Waals surface area contributed by atoms with Gasteiger partial charge in [-0.3, -0.25) is 14.9 Å². The molecule has 0 spiro atoms. The highest BCUT2D eigenvalue weighted by Crippen LogP contribution is 2.22. The summed E-state index contributed by atoms with van der Waals surface area (Å²) in [6.45, 7) is 4.68. The van der Waals surface area contributed by atoms with Gasteiger partial charge in [0.25, 0.3) is 11.6 Å². The van der Waals surface area contributed by atoms with Crippen LogP contribution < -0.4 is 5.32 Å². The van der Waals surface area contributed by atoms with Gasteiger partial charge in [0.05, 0.1) is 15.5 Å². The Balaban J connectivity index is 2.96. The number of nitrogens with one attached hydrogen (secondary N) is 1. The van der Waals surface area contributed by atoms with Crippen molar-refractivity contribution in [2.75, 3.05) is 20.6 Å². The van der Waals surface area contributed by atoms with Gasteiger partial charge >= 0.3 is 0 Å². The number of nitrogens with zero attached hydrogens (tertiary/aromatic N) is 2. The maximum Gasteiger partial charge on any atom is 0.270 e. The van der Waals surface area contributed by atoms with E-state index in [1.54, 1.807) is 0 Å². The third-order valence-corrected chi connectivity index (χ3v) is 3.42. The minimum Gasteiger partial charge on any atom is -0.348 e. The molecule has 21 heavy (non-hydrogen) atoms. The second kappa shape index (κ2) is 7.38. The van der Waals surface area contributed by atoms with Crippen molar-refractivity contribution in [1.29, 1.82) is 0 Å². The van der Waals surface area contributed by atoms with Crippen molar-refractivity contribution in [2.45, 2.75) is 19.9 Å². The number of amides is 1. The molecule has 0 fully saturated rings. The third kappa shape index (κ3) is 4.99. The van der Waals surface area contributed by atoms with E-state index < -0.39 is 10.8 Å². The summed E-state index contributed by atoms with van der Waals surface area (Å²) in [5.41, 5.74) is -0.0338. The van der Waals surface area contributed by atoms with Crippen LogP contribution in [0.4, 0.5) is 5.69 Å². The number of carbonyl (C=O) groups is 1. The van der Waals surface area contributed by atoms with E-state index in [9.17, 15) is 14.9 Å². The Bertz CT molecular complexity index is 532. The SMILES string of the molecule is CC(C)C(CN(C)C)NC(=O)c1cc([N+](=O)[O-])ccc1Cl. The maximum atomic E-state index is 12.3. The minimum absolute atomic E-state index is 0.0668. The Morgan fingerprint density at radius 2 is 2.05 bits per heavy atom. The van der Waals surface area contributed by atoms with Gasteiger partial charge in [0.1, 0.15) is 0 Å². The molecular weight excluding hydrogens is 294 g/mol. The number of hydrogen-bond donors (Lipinski definition) is 1. The predicted molar refractivity (Wildman–Crippen MR) is 82.8 cm³/mol. The normalized spacial score (nSPS) is 12.5. The predicted octanol–water partition coefficient (Wildman–Crippen LogP) is 2.56. The zero-order chi connectivity index (χ0) is 16.2. The van der Waals surface area contributed by atoms with Crippen LogP contribution in [0, 0.1) is 16.0 Å². The van der Waals surface area contributed by atoms with Crippen LogP contribution in [0.25, 0.3) is 0 Å². The lowest BCUT2D eigenvalue weighted by atomic mass is 10.0. The van der Waals surface area contributed by atoms with Gasteiger partial charge in [-0.1, -0.05) is 25.4 Å². The smallest absolute Gasteiger partial charge is 0.270 e. The highest BCUT2D eigenvalue weighted by atomic mass is 35.5. The second-order valence-electron chi connectivity index (χ2n) is 5.51. The van der Waals surface area contributed by atoms with Crippen molar-refractivity contribution in [3.05, 3.63) is 38.9 Å². The molecule has 1 rings (SSSR count). The van der Waals surface area contributed by atoms with Crippen LogP contribution in [-0.2, 0) is 0 Å². The number of hydrogen-bond acceptors (Lipinski definition) is 4. The van der Waals surface area contributed by atoms with Gasteiger partial charge < -0.3 is 10.2 Å². The minimum atomic E-state index is -0.549. The number of halogens is 1. The molecule has 116 valence electrons. The van der Waals surface area contributed by atoms with Crippen LogP contribution in [0.1, 0.15) is 24.2 Å². The van der Waals surface area contributed by atoms with E-state index >= 15 is 0 Å². The molecule has 0 heterocycles. The number of benzene rings is 1. The monoisotopic (exact) mass is 313 g/mol. The molecule has 0 radical (unpaired) electrons. The molecule has 1 N–H and O–H groups in total. The largest absolute Gasteiger partial charge is 0.348 e. The highest BCUT2D eigenvalue weighted by Gasteiger charge is 2.21. The fourth-order valence-electron chi connectivity index (χ4n) is 1.86. The molecule has 0 aromatic heterocycles. The van der Waals surface area contributed by atoms with Crippen molar-refractivity contribution in [3.8, 4) is 0 Å². The quantitative estimate of drug-likeness (QED) is 0.647. The lowest BCUT2D eigenvalue weighted by molar-refractivity contribution is -0.384. The molecule has 1 aromatic rings. The number of carbonyl (C=O) groups excluding carboxylic acids is 1. The lowest BCUT2D eigenvalue weighted by Gasteiger charge is -2.25. The van der Waals surface area contributed by atoms with E-state index in [-0.39, 0.29) is 28.2 Å². The molecule has 1 aromatic carbocycles. The maximum absolute atomic E-state index is 12.3. The zero-order valence-corrected chi connectivity index (χ0v) is 13.3. The van der Waals surface area contributed by atoms with E-state index in [0.717, 1.165) is 0 Å². The molecule has 1 atom stereocenters. The second-order valence-corrected chi connectivity index (χ2v) is 5.91. The zero-order valence-electron chi connectivity index (χ0n) is 12.6. The summed E-state index contributed by atoms with van der Waals surface area (Å²) >= 11 is 5.97. The molecule has 7 heteroatoms. The molecule has 0 bridgehead atoms. The summed E-state index contributed by atoms with van der Waals surface area (Å²) in [5, 5.41) is 13.9. The first kappa shape index (κ1) is 17.4. The fraction of sp³-hybridized carbons (Fsp3) is 0.500. The van der Waals surface area contributed by atoms with Gasteiger partial charge in [0.2, 0.25) is 0 Å². The number of non-ortho nitro benzene ring substituents is 1. The van der Waals surface area contributed by atoms with Crippen molar-refractivity contribution in [2.24, 2.45) is 5.92 Å². The van der Waals surface area contributed by atoms with E-state index in [1.165, 1.54) is 18.2 Å². The van der Waals surface area contributed by atoms with Crippen molar-refractivity contribution >= 4 is 23.2 Å². The molecular formula is C14H20ClN3O3. The van der Waals surface area contributed by atoms with E-state index in [4.69, 9.17) is 11.6 Å². The molecule has 0 aliphatic carbocycles. The van der Waals surface area contributed by atoms with Gasteiger partial charge in [0, 0.05) is 24.7 Å². The Morgan fingerprint density at radius 3 is 2.52 bits per heavy atom. The lowest BCUT2D eigenvalue weighted by Crippen LogP contribution is -2.45. The van der Waals surface area contributed by atoms with E-state index in [0.29, 0.717) is 6.54 Å². The Hall–Kier alpha value is -1.66. The number of likely N-dealkylation sites (N-methyl/N-ethyl adjacent to an activating group) is 1. The topological polar surface area (TPSA) is 75.5 Å². The van der Waals surface area contributed by atoms with Gasteiger partial charge in [-0.05, 0) is 26.1 Å². The van der Waals surface area contributed by atoms with Crippen LogP contribution in [0.2, 0.25) is 5.02 Å². The molecule has 0 aliphatic rings. The van der Waals surface area contributed by atoms with Crippen LogP contribution in [0.15, 0.2) is 18.2 Å². The molecule has 0 saturated heterocycles. The van der Waals surface area contributed by atoms with E-state index in [2.05, 4.69) is 5.32 Å². The van der Waals surface area contributed by atoms with Crippen LogP contribution in [-0.4, -0.2) is 42.4 Å². The summed E-state index contributed by atoms with van der Waals surface area (Å²) in [5.74, 6) is -0.168. The fourth-order valence-corrected chi connectivity index (χ4v) is 2.07. The number of nitro benzene ring substituents is 1. The summed E-state index contributed by atoms with van der Waals surface area (Å²) in [6, 6.07) is 3.77. The first-order chi connectivity index (χ1) is 9.72. The van der Waals surface area contributed by atoms with Gasteiger partial charge in [-0.2, -0.15) is 0 Å². The average molecular weight is 314 g/mol. The molecule has 0 aliphatic heterocycles. The van der Waals surface area contributed by atoms with Crippen LogP contribution in [0.5, 0.6) is 0 Å². The first-order valence-electron chi connectivity index (χ1n) is 6.62. The van der Waals surface area contributed by atoms with Crippen LogP contribution in [0.3, 0.4) is 0 Å². The third-order valence-electron chi connectivity index (χ3n) is 3.09. The summed E-state index contributed by atoms with van der Waals surface area (Å²) in [4.78, 5) is 24.5. The molecule has 0 saturated carbocycles. The Kier molecular flexibility index (Phi) is 6.11. The average Bonchev–Trinajstić information content (AvgIpc) is 2.37. The Morgan fingerprint density at radius 1 is 1.43 bits per heavy atom. The Labute approximate surface area is 129 Å². The van der Waals surface area contributed by atoms with Crippen molar-refractivity contribution in [3.63, 3.8) is 0 Å². The highest BCUT2D eigenvalue weighted by molar-refractivity contribution is 6.33. The van der Waals surface area contributed by atoms with E-state index in [1.807, 2.05) is 32.8 Å². The summed E-state index contributed by atoms with van der Waals surface area (Å²) in [6.07, 6.45) is 0. The van der Waals surface area contributed by atoms with Crippen molar-refractivity contribution < 1.29 is 9.72 Å². The summed E-state index contributed by atoms with van der Waals surface area (Å²) in [7, 11) is 3.84.